The van der Waals surface area contributed by atoms with E-state index in [9.17, 15) is 0 Å². The van der Waals surface area contributed by atoms with Crippen molar-refractivity contribution >= 4 is 22.9 Å². The zero-order valence-corrected chi connectivity index (χ0v) is 9.56. The first-order chi connectivity index (χ1) is 7.84. The molecule has 0 radical (unpaired) electrons. The van der Waals surface area contributed by atoms with Crippen LogP contribution in [0.15, 0.2) is 24.7 Å². The van der Waals surface area contributed by atoms with E-state index in [1.807, 2.05) is 12.3 Å². The van der Waals surface area contributed by atoms with Crippen molar-refractivity contribution in [3.05, 3.63) is 24.7 Å². The molecule has 2 aromatic rings. The molecule has 0 saturated heterocycles. The highest BCUT2D eigenvalue weighted by Gasteiger charge is 2.29. The van der Waals surface area contributed by atoms with E-state index in [4.69, 9.17) is 11.6 Å². The van der Waals surface area contributed by atoms with E-state index in [1.165, 1.54) is 12.8 Å². The van der Waals surface area contributed by atoms with Crippen molar-refractivity contribution in [2.45, 2.75) is 18.2 Å². The van der Waals surface area contributed by atoms with Gasteiger partial charge >= 0.3 is 0 Å². The third-order valence-corrected chi connectivity index (χ3v) is 3.43. The van der Waals surface area contributed by atoms with E-state index in [-0.39, 0.29) is 5.38 Å². The van der Waals surface area contributed by atoms with Crippen molar-refractivity contribution in [2.75, 3.05) is 11.9 Å². The standard InChI is InChI=1S/C11H13ClN4/c12-9(8-1-2-8)7-14-11-10-3-4-15-16(10)6-5-13-11/h3-6,8-9H,1-2,7H2,(H,13,14). The molecule has 0 amide bonds. The predicted molar refractivity (Wildman–Crippen MR) is 63.8 cm³/mol. The van der Waals surface area contributed by atoms with E-state index in [1.54, 1.807) is 16.9 Å². The minimum absolute atomic E-state index is 0.213. The lowest BCUT2D eigenvalue weighted by atomic mass is 10.3. The van der Waals surface area contributed by atoms with Gasteiger partial charge in [0, 0.05) is 18.9 Å². The molecule has 2 heterocycles. The topological polar surface area (TPSA) is 42.2 Å². The second-order valence-corrected chi connectivity index (χ2v) is 4.73. The lowest BCUT2D eigenvalue weighted by Gasteiger charge is -2.10. The average Bonchev–Trinajstić information content (AvgIpc) is 3.04. The Morgan fingerprint density at radius 2 is 2.38 bits per heavy atom. The minimum Gasteiger partial charge on any atom is -0.367 e. The van der Waals surface area contributed by atoms with Crippen molar-refractivity contribution in [3.8, 4) is 0 Å². The van der Waals surface area contributed by atoms with Gasteiger partial charge in [0.1, 0.15) is 5.52 Å². The van der Waals surface area contributed by atoms with Crippen LogP contribution < -0.4 is 5.32 Å². The van der Waals surface area contributed by atoms with E-state index in [0.717, 1.165) is 17.9 Å². The van der Waals surface area contributed by atoms with Crippen LogP contribution in [0.1, 0.15) is 12.8 Å². The maximum absolute atomic E-state index is 6.24. The largest absolute Gasteiger partial charge is 0.367 e. The maximum atomic E-state index is 6.24. The summed E-state index contributed by atoms with van der Waals surface area (Å²) in [6.45, 7) is 0.768. The van der Waals surface area contributed by atoms with Gasteiger partial charge in [-0.05, 0) is 24.8 Å². The van der Waals surface area contributed by atoms with Crippen LogP contribution >= 0.6 is 11.6 Å². The monoisotopic (exact) mass is 236 g/mol. The number of rotatable bonds is 4. The van der Waals surface area contributed by atoms with Crippen LogP contribution in [0.2, 0.25) is 0 Å². The molecule has 5 heteroatoms. The van der Waals surface area contributed by atoms with Crippen LogP contribution in [0.4, 0.5) is 5.82 Å². The summed E-state index contributed by atoms with van der Waals surface area (Å²) in [6, 6.07) is 1.94. The SMILES string of the molecule is ClC(CNc1nccn2nccc12)C1CC1. The average molecular weight is 237 g/mol. The molecular weight excluding hydrogens is 224 g/mol. The number of aromatic nitrogens is 3. The van der Waals surface area contributed by atoms with Crippen molar-refractivity contribution in [2.24, 2.45) is 5.92 Å². The van der Waals surface area contributed by atoms with E-state index >= 15 is 0 Å². The summed E-state index contributed by atoms with van der Waals surface area (Å²) in [4.78, 5) is 4.30. The Kier molecular flexibility index (Phi) is 2.44. The van der Waals surface area contributed by atoms with Gasteiger partial charge in [-0.2, -0.15) is 5.10 Å². The number of alkyl halides is 1. The zero-order valence-electron chi connectivity index (χ0n) is 8.81. The molecule has 4 nitrogen and oxygen atoms in total. The summed E-state index contributed by atoms with van der Waals surface area (Å²) >= 11 is 6.24. The number of anilines is 1. The number of hydrogen-bond donors (Lipinski definition) is 1. The first-order valence-corrected chi connectivity index (χ1v) is 5.94. The molecule has 16 heavy (non-hydrogen) atoms. The third-order valence-electron chi connectivity index (χ3n) is 2.92. The van der Waals surface area contributed by atoms with Gasteiger partial charge in [-0.15, -0.1) is 11.6 Å². The first-order valence-electron chi connectivity index (χ1n) is 5.51. The molecule has 84 valence electrons. The van der Waals surface area contributed by atoms with Crippen molar-refractivity contribution in [1.29, 1.82) is 0 Å². The molecule has 1 saturated carbocycles. The van der Waals surface area contributed by atoms with Crippen molar-refractivity contribution in [3.63, 3.8) is 0 Å². The third kappa shape index (κ3) is 1.85. The molecule has 1 fully saturated rings. The second-order valence-electron chi connectivity index (χ2n) is 4.17. The van der Waals surface area contributed by atoms with Crippen LogP contribution in [-0.2, 0) is 0 Å². The van der Waals surface area contributed by atoms with Gasteiger partial charge in [0.15, 0.2) is 5.82 Å². The van der Waals surface area contributed by atoms with Gasteiger partial charge in [0.25, 0.3) is 0 Å². The summed E-state index contributed by atoms with van der Waals surface area (Å²) in [6.07, 6.45) is 7.86. The number of halogens is 1. The predicted octanol–water partition coefficient (Wildman–Crippen LogP) is 2.16. The molecule has 1 aliphatic carbocycles. The highest BCUT2D eigenvalue weighted by molar-refractivity contribution is 6.21. The van der Waals surface area contributed by atoms with Crippen molar-refractivity contribution in [1.82, 2.24) is 14.6 Å². The maximum Gasteiger partial charge on any atom is 0.152 e. The van der Waals surface area contributed by atoms with Crippen LogP contribution in [0.5, 0.6) is 0 Å². The Morgan fingerprint density at radius 3 is 3.19 bits per heavy atom. The number of nitrogens with zero attached hydrogens (tertiary/aromatic N) is 3. The Hall–Kier alpha value is -1.29. The van der Waals surface area contributed by atoms with Crippen LogP contribution in [0.25, 0.3) is 5.52 Å². The molecule has 1 unspecified atom stereocenters. The Labute approximate surface area is 98.6 Å². The second kappa shape index (κ2) is 3.94. The van der Waals surface area contributed by atoms with Crippen molar-refractivity contribution < 1.29 is 0 Å². The quantitative estimate of drug-likeness (QED) is 0.828. The van der Waals surface area contributed by atoms with Crippen LogP contribution in [-0.4, -0.2) is 26.5 Å². The van der Waals surface area contributed by atoms with E-state index in [0.29, 0.717) is 5.92 Å². The fourth-order valence-corrected chi connectivity index (χ4v) is 2.14. The molecule has 2 aromatic heterocycles. The van der Waals surface area contributed by atoms with Gasteiger partial charge in [-0.1, -0.05) is 0 Å². The molecule has 1 N–H and O–H groups in total. The van der Waals surface area contributed by atoms with Gasteiger partial charge in [0.05, 0.1) is 11.6 Å². The number of fused-ring (bicyclic) bond motifs is 1. The fourth-order valence-electron chi connectivity index (χ4n) is 1.81. The Morgan fingerprint density at radius 1 is 1.50 bits per heavy atom. The molecular formula is C11H13ClN4. The Bertz CT molecular complexity index is 491. The normalized spacial score (nSPS) is 17.6. The van der Waals surface area contributed by atoms with Gasteiger partial charge in [-0.25, -0.2) is 9.50 Å². The van der Waals surface area contributed by atoms with E-state index < -0.39 is 0 Å². The lowest BCUT2D eigenvalue weighted by molar-refractivity contribution is 0.768. The number of nitrogens with one attached hydrogen (secondary N) is 1. The lowest BCUT2D eigenvalue weighted by Crippen LogP contribution is -2.17. The van der Waals surface area contributed by atoms with Gasteiger partial charge in [-0.3, -0.25) is 0 Å². The molecule has 1 aliphatic rings. The van der Waals surface area contributed by atoms with Gasteiger partial charge < -0.3 is 5.32 Å². The molecule has 0 aliphatic heterocycles. The highest BCUT2D eigenvalue weighted by atomic mass is 35.5. The summed E-state index contributed by atoms with van der Waals surface area (Å²) in [5, 5.41) is 7.66. The summed E-state index contributed by atoms with van der Waals surface area (Å²) in [5.74, 6) is 1.55. The molecule has 1 atom stereocenters. The fraction of sp³-hybridized carbons (Fsp3) is 0.455. The molecule has 0 spiro atoms. The van der Waals surface area contributed by atoms with Crippen LogP contribution in [0, 0.1) is 5.92 Å². The van der Waals surface area contributed by atoms with E-state index in [2.05, 4.69) is 15.4 Å². The summed E-state index contributed by atoms with van der Waals surface area (Å²) in [5.41, 5.74) is 0.988. The summed E-state index contributed by atoms with van der Waals surface area (Å²) in [7, 11) is 0. The Balaban J connectivity index is 1.75. The zero-order chi connectivity index (χ0) is 11.0. The summed E-state index contributed by atoms with van der Waals surface area (Å²) < 4.78 is 1.80. The molecule has 0 aromatic carbocycles. The first kappa shape index (κ1) is 9.90. The highest BCUT2D eigenvalue weighted by Crippen LogP contribution is 2.35. The smallest absolute Gasteiger partial charge is 0.152 e. The van der Waals surface area contributed by atoms with Gasteiger partial charge in [0.2, 0.25) is 0 Å². The van der Waals surface area contributed by atoms with Crippen LogP contribution in [0.3, 0.4) is 0 Å². The molecule has 3 rings (SSSR count). The molecule has 0 bridgehead atoms. The number of hydrogen-bond acceptors (Lipinski definition) is 3. The minimum atomic E-state index is 0.213.